The van der Waals surface area contributed by atoms with E-state index in [0.29, 0.717) is 0 Å². The van der Waals surface area contributed by atoms with E-state index in [1.165, 1.54) is 28.7 Å². The molecule has 13 nitrogen and oxygen atoms in total. The number of imide groups is 1. The first-order chi connectivity index (χ1) is 25.5. The summed E-state index contributed by atoms with van der Waals surface area (Å²) in [5.41, 5.74) is -1.16. The normalized spacial score (nSPS) is 18.3. The largest absolute Gasteiger partial charge is 0.508 e. The van der Waals surface area contributed by atoms with E-state index < -0.39 is 70.9 Å². The van der Waals surface area contributed by atoms with Crippen molar-refractivity contribution in [3.63, 3.8) is 0 Å². The van der Waals surface area contributed by atoms with Gasteiger partial charge in [-0.15, -0.1) is 0 Å². The minimum Gasteiger partial charge on any atom is -0.508 e. The van der Waals surface area contributed by atoms with Gasteiger partial charge in [-0.3, -0.25) is 19.3 Å². The predicted molar refractivity (Wildman–Crippen MR) is 186 cm³/mol. The van der Waals surface area contributed by atoms with Crippen molar-refractivity contribution in [2.45, 2.75) is 52.1 Å². The summed E-state index contributed by atoms with van der Waals surface area (Å²) in [5.74, 6) is -5.15. The van der Waals surface area contributed by atoms with Crippen LogP contribution in [-0.2, 0) is 25.7 Å². The number of aromatic nitrogens is 2. The molecule has 4 amide bonds. The average Bonchev–Trinajstić information content (AvgIpc) is 3.79. The molecule has 5 rings (SSSR count). The Hall–Kier alpha value is -5.29. The number of aliphatic hydroxyl groups is 1. The third-order valence-electron chi connectivity index (χ3n) is 9.42. The lowest BCUT2D eigenvalue weighted by Gasteiger charge is -2.43. The number of phenolic OH excluding ortho intramolecular Hbond substituents is 1. The Morgan fingerprint density at radius 2 is 1.81 bits per heavy atom. The Balaban J connectivity index is 1.52. The van der Waals surface area contributed by atoms with Crippen molar-refractivity contribution in [3.8, 4) is 17.0 Å². The molecule has 290 valence electrons. The number of nitrogens with zero attached hydrogens (tertiary/aromatic N) is 4. The Morgan fingerprint density at radius 1 is 1.09 bits per heavy atom. The molecule has 54 heavy (non-hydrogen) atoms. The molecule has 3 heterocycles. The van der Waals surface area contributed by atoms with Gasteiger partial charge in [-0.05, 0) is 54.7 Å². The molecule has 1 saturated heterocycles. The SMILES string of the molecule is C[C@H](O)C(=O)N(C[C@@H]1CNC[C@@H]1F)[C@@H](c1nc(-c2cc(F)ccc2F)cn1Cc1cc(O)cc(F)c1)C(C)(C)CCOC(=O)NCCN1C(=O)C=CC1=O. The Morgan fingerprint density at radius 3 is 2.46 bits per heavy atom. The third-order valence-corrected chi connectivity index (χ3v) is 9.42. The van der Waals surface area contributed by atoms with Gasteiger partial charge in [0, 0.05) is 75.2 Å². The van der Waals surface area contributed by atoms with Crippen LogP contribution in [0.1, 0.15) is 44.6 Å². The minimum absolute atomic E-state index is 0.0287. The highest BCUT2D eigenvalue weighted by molar-refractivity contribution is 6.12. The van der Waals surface area contributed by atoms with E-state index in [9.17, 15) is 38.2 Å². The van der Waals surface area contributed by atoms with Gasteiger partial charge < -0.3 is 35.1 Å². The van der Waals surface area contributed by atoms with Crippen LogP contribution in [-0.4, -0.2) is 105 Å². The Bertz CT molecular complexity index is 1880. The van der Waals surface area contributed by atoms with Crippen molar-refractivity contribution < 1.29 is 51.7 Å². The number of hydrogen-bond donors (Lipinski definition) is 4. The van der Waals surface area contributed by atoms with Crippen LogP contribution in [0.15, 0.2) is 54.7 Å². The van der Waals surface area contributed by atoms with Crippen LogP contribution in [0.3, 0.4) is 0 Å². The summed E-state index contributed by atoms with van der Waals surface area (Å²) in [6.07, 6.45) is -0.127. The monoisotopic (exact) mass is 758 g/mol. The first kappa shape index (κ1) is 39.9. The van der Waals surface area contributed by atoms with Gasteiger partial charge in [0.2, 0.25) is 0 Å². The molecule has 3 aromatic rings. The number of benzene rings is 2. The second-order valence-electron chi connectivity index (χ2n) is 14.0. The number of ether oxygens (including phenoxy) is 1. The lowest BCUT2D eigenvalue weighted by Crippen LogP contribution is -2.50. The van der Waals surface area contributed by atoms with Gasteiger partial charge in [0.15, 0.2) is 0 Å². The molecule has 0 saturated carbocycles. The lowest BCUT2D eigenvalue weighted by molar-refractivity contribution is -0.146. The molecule has 4 N–H and O–H groups in total. The highest BCUT2D eigenvalue weighted by Gasteiger charge is 2.44. The molecule has 17 heteroatoms. The summed E-state index contributed by atoms with van der Waals surface area (Å²) in [6.45, 7) is 4.13. The number of rotatable bonds is 15. The Labute approximate surface area is 308 Å². The lowest BCUT2D eigenvalue weighted by atomic mass is 9.79. The molecule has 1 fully saturated rings. The van der Waals surface area contributed by atoms with E-state index in [1.54, 1.807) is 13.8 Å². The van der Waals surface area contributed by atoms with E-state index in [-0.39, 0.29) is 80.7 Å². The highest BCUT2D eigenvalue weighted by atomic mass is 19.1. The van der Waals surface area contributed by atoms with Crippen LogP contribution in [0, 0.1) is 28.8 Å². The topological polar surface area (TPSA) is 166 Å². The number of imidazole rings is 1. The van der Waals surface area contributed by atoms with Gasteiger partial charge in [-0.1, -0.05) is 13.8 Å². The summed E-state index contributed by atoms with van der Waals surface area (Å²) in [4.78, 5) is 57.1. The molecule has 0 radical (unpaired) electrons. The number of halogens is 4. The van der Waals surface area contributed by atoms with Crippen LogP contribution in [0.4, 0.5) is 22.4 Å². The summed E-state index contributed by atoms with van der Waals surface area (Å²) in [7, 11) is 0. The minimum atomic E-state index is -1.56. The van der Waals surface area contributed by atoms with E-state index in [1.807, 2.05) is 0 Å². The number of aromatic hydroxyl groups is 1. The average molecular weight is 759 g/mol. The number of carbonyl (C=O) groups excluding carboxylic acids is 4. The summed E-state index contributed by atoms with van der Waals surface area (Å²) < 4.78 is 66.1. The summed E-state index contributed by atoms with van der Waals surface area (Å²) in [6, 6.07) is 4.99. The van der Waals surface area contributed by atoms with E-state index >= 15 is 8.78 Å². The zero-order valence-electron chi connectivity index (χ0n) is 29.9. The van der Waals surface area contributed by atoms with Crippen LogP contribution in [0.25, 0.3) is 11.3 Å². The van der Waals surface area contributed by atoms with Crippen LogP contribution in [0.2, 0.25) is 0 Å². The van der Waals surface area contributed by atoms with Crippen molar-refractivity contribution in [1.82, 2.24) is 30.0 Å². The fourth-order valence-corrected chi connectivity index (χ4v) is 6.64. The van der Waals surface area contributed by atoms with E-state index in [2.05, 4.69) is 10.6 Å². The number of alkyl halides is 1. The van der Waals surface area contributed by atoms with Crippen molar-refractivity contribution in [3.05, 3.63) is 83.6 Å². The molecule has 2 aliphatic rings. The first-order valence-corrected chi connectivity index (χ1v) is 17.3. The summed E-state index contributed by atoms with van der Waals surface area (Å²) in [5, 5.41) is 26.2. The molecule has 2 aliphatic heterocycles. The number of carbonyl (C=O) groups is 4. The number of hydrogen-bond acceptors (Lipinski definition) is 9. The number of amides is 4. The van der Waals surface area contributed by atoms with Crippen LogP contribution in [0.5, 0.6) is 5.75 Å². The predicted octanol–water partition coefficient (Wildman–Crippen LogP) is 3.60. The van der Waals surface area contributed by atoms with Gasteiger partial charge in [-0.25, -0.2) is 27.3 Å². The molecule has 4 atom stereocenters. The fourth-order valence-electron chi connectivity index (χ4n) is 6.64. The van der Waals surface area contributed by atoms with Gasteiger partial charge in [0.05, 0.1) is 18.3 Å². The molecule has 2 aromatic carbocycles. The van der Waals surface area contributed by atoms with E-state index in [4.69, 9.17) is 9.72 Å². The van der Waals surface area contributed by atoms with Crippen LogP contribution < -0.4 is 10.6 Å². The maximum Gasteiger partial charge on any atom is 0.407 e. The van der Waals surface area contributed by atoms with Gasteiger partial charge in [-0.2, -0.15) is 0 Å². The van der Waals surface area contributed by atoms with Crippen molar-refractivity contribution in [1.29, 1.82) is 0 Å². The smallest absolute Gasteiger partial charge is 0.407 e. The third kappa shape index (κ3) is 9.43. The zero-order chi connectivity index (χ0) is 39.3. The molecule has 0 unspecified atom stereocenters. The number of nitrogens with one attached hydrogen (secondary N) is 2. The number of aliphatic hydroxyl groups excluding tert-OH is 1. The number of phenols is 1. The maximum atomic E-state index is 15.2. The molecular formula is C37H42F4N6O7. The van der Waals surface area contributed by atoms with Crippen LogP contribution >= 0.6 is 0 Å². The van der Waals surface area contributed by atoms with Crippen molar-refractivity contribution >= 4 is 23.8 Å². The van der Waals surface area contributed by atoms with Gasteiger partial charge in [0.25, 0.3) is 17.7 Å². The van der Waals surface area contributed by atoms with Gasteiger partial charge >= 0.3 is 6.09 Å². The second-order valence-corrected chi connectivity index (χ2v) is 14.0. The van der Waals surface area contributed by atoms with E-state index in [0.717, 1.165) is 47.4 Å². The highest BCUT2D eigenvalue weighted by Crippen LogP contribution is 2.43. The second kappa shape index (κ2) is 16.8. The standard InChI is InChI=1S/C37H42F4N6O7/c1-21(48)35(52)47(19-23-16-42-17-29(23)41)33(37(2,3)8-11-54-36(53)43-9-10-46-31(50)6-7-32(46)51)34-44-30(27-15-24(38)4-5-28(27)40)20-45(34)18-22-12-25(39)14-26(49)13-22/h4-7,12-15,20-21,23,29,33,42,48-49H,8-11,16-19H2,1-3H3,(H,43,53)/t21-,23-,29-,33-/m0/s1. The zero-order valence-corrected chi connectivity index (χ0v) is 29.9. The molecule has 0 bridgehead atoms. The fraction of sp³-hybridized carbons (Fsp3) is 0.432. The summed E-state index contributed by atoms with van der Waals surface area (Å²) >= 11 is 0. The van der Waals surface area contributed by atoms with Gasteiger partial charge in [0.1, 0.15) is 41.3 Å². The molecule has 0 aliphatic carbocycles. The van der Waals surface area contributed by atoms with Crippen molar-refractivity contribution in [2.75, 3.05) is 39.3 Å². The molecule has 1 aromatic heterocycles. The quantitative estimate of drug-likeness (QED) is 0.134. The molecular weight excluding hydrogens is 716 g/mol. The maximum absolute atomic E-state index is 15.2. The Kier molecular flexibility index (Phi) is 12.4. The first-order valence-electron chi connectivity index (χ1n) is 17.3. The number of alkyl carbamates (subject to hydrolysis) is 1. The van der Waals surface area contributed by atoms with Crippen molar-refractivity contribution in [2.24, 2.45) is 11.3 Å². The molecule has 0 spiro atoms.